The smallest absolute Gasteiger partial charge is 0.254 e. The Morgan fingerprint density at radius 1 is 1.09 bits per heavy atom. The van der Waals surface area contributed by atoms with Gasteiger partial charge < -0.3 is 14.7 Å². The van der Waals surface area contributed by atoms with Crippen molar-refractivity contribution in [2.24, 2.45) is 11.3 Å². The number of carbonyl (C=O) groups is 1. The van der Waals surface area contributed by atoms with Gasteiger partial charge in [-0.05, 0) is 79.7 Å². The standard InChI is InChI=1S/C29H32N2O3/c1-28-11-10-21(31-16-19-4-2-3-5-20(19)27(31)33)26-29(28)12-13-30(15-17-6-7-17)23(28)14-18-8-9-22(32)25(34-26)24(18)29/h2-5,8-9,17,21,23,26,32H,6-7,10-16H2,1H3/t21-,23-,26+,28+,29+/m1/s1. The van der Waals surface area contributed by atoms with E-state index in [1.165, 1.54) is 30.5 Å². The van der Waals surface area contributed by atoms with Gasteiger partial charge in [-0.3, -0.25) is 9.69 Å². The largest absolute Gasteiger partial charge is 0.504 e. The summed E-state index contributed by atoms with van der Waals surface area (Å²) in [5, 5.41) is 10.9. The van der Waals surface area contributed by atoms with Gasteiger partial charge in [0.05, 0.1) is 6.04 Å². The summed E-state index contributed by atoms with van der Waals surface area (Å²) in [7, 11) is 0. The number of phenolic OH excluding ortho intramolecular Hbond substituents is 1. The summed E-state index contributed by atoms with van der Waals surface area (Å²) in [5.74, 6) is 1.99. The van der Waals surface area contributed by atoms with Crippen molar-refractivity contribution < 1.29 is 14.6 Å². The summed E-state index contributed by atoms with van der Waals surface area (Å²) in [6, 6.07) is 12.5. The second-order valence-corrected chi connectivity index (χ2v) is 12.0. The Morgan fingerprint density at radius 3 is 2.76 bits per heavy atom. The lowest BCUT2D eigenvalue weighted by atomic mass is 9.43. The van der Waals surface area contributed by atoms with Crippen molar-refractivity contribution in [2.45, 2.75) is 75.6 Å². The number of aromatic hydroxyl groups is 1. The molecule has 8 rings (SSSR count). The molecule has 1 amide bonds. The predicted octanol–water partition coefficient (Wildman–Crippen LogP) is 4.26. The van der Waals surface area contributed by atoms with Crippen molar-refractivity contribution in [2.75, 3.05) is 13.1 Å². The maximum absolute atomic E-state index is 13.5. The van der Waals surface area contributed by atoms with Crippen LogP contribution in [0.3, 0.4) is 0 Å². The average Bonchev–Trinajstić information content (AvgIpc) is 3.49. The molecule has 6 aliphatic rings. The van der Waals surface area contributed by atoms with Crippen molar-refractivity contribution in [1.29, 1.82) is 0 Å². The van der Waals surface area contributed by atoms with Crippen molar-refractivity contribution in [1.82, 2.24) is 9.80 Å². The van der Waals surface area contributed by atoms with Gasteiger partial charge >= 0.3 is 0 Å². The molecule has 2 aromatic rings. The molecular weight excluding hydrogens is 424 g/mol. The van der Waals surface area contributed by atoms with Crippen molar-refractivity contribution in [3.63, 3.8) is 0 Å². The number of ether oxygens (including phenoxy) is 1. The van der Waals surface area contributed by atoms with Crippen LogP contribution in [0.5, 0.6) is 11.5 Å². The zero-order chi connectivity index (χ0) is 22.8. The number of amides is 1. The molecule has 5 heteroatoms. The molecule has 176 valence electrons. The Hall–Kier alpha value is -2.53. The number of benzene rings is 2. The minimum Gasteiger partial charge on any atom is -0.504 e. The van der Waals surface area contributed by atoms with Gasteiger partial charge in [-0.2, -0.15) is 0 Å². The van der Waals surface area contributed by atoms with E-state index in [1.807, 2.05) is 24.3 Å². The Balaban J connectivity index is 1.26. The Kier molecular flexibility index (Phi) is 3.70. The van der Waals surface area contributed by atoms with Crippen molar-refractivity contribution in [3.05, 3.63) is 58.7 Å². The molecule has 0 radical (unpaired) electrons. The van der Waals surface area contributed by atoms with Crippen LogP contribution >= 0.6 is 0 Å². The molecule has 0 unspecified atom stereocenters. The first kappa shape index (κ1) is 19.7. The highest BCUT2D eigenvalue weighted by Crippen LogP contribution is 2.69. The predicted molar refractivity (Wildman–Crippen MR) is 128 cm³/mol. The molecule has 34 heavy (non-hydrogen) atoms. The molecule has 2 aromatic carbocycles. The van der Waals surface area contributed by atoms with Crippen LogP contribution in [-0.2, 0) is 18.4 Å². The summed E-state index contributed by atoms with van der Waals surface area (Å²) >= 11 is 0. The van der Waals surface area contributed by atoms with Gasteiger partial charge in [0.15, 0.2) is 11.5 Å². The third kappa shape index (κ3) is 2.23. The molecule has 5 nitrogen and oxygen atoms in total. The van der Waals surface area contributed by atoms with E-state index in [0.29, 0.717) is 18.3 Å². The van der Waals surface area contributed by atoms with Gasteiger partial charge in [-0.15, -0.1) is 0 Å². The summed E-state index contributed by atoms with van der Waals surface area (Å²) in [4.78, 5) is 18.4. The summed E-state index contributed by atoms with van der Waals surface area (Å²) in [6.07, 6.45) is 6.81. The van der Waals surface area contributed by atoms with Gasteiger partial charge in [0.25, 0.3) is 5.91 Å². The van der Waals surface area contributed by atoms with Crippen LogP contribution in [0, 0.1) is 11.3 Å². The number of nitrogens with zero attached hydrogens (tertiary/aromatic N) is 2. The number of piperidine rings is 1. The zero-order valence-electron chi connectivity index (χ0n) is 19.8. The van der Waals surface area contributed by atoms with E-state index in [2.05, 4.69) is 28.9 Å². The molecule has 1 N–H and O–H groups in total. The summed E-state index contributed by atoms with van der Waals surface area (Å²) in [5.41, 5.74) is 4.54. The second-order valence-electron chi connectivity index (χ2n) is 12.0. The number of phenols is 1. The third-order valence-corrected chi connectivity index (χ3v) is 10.6. The highest BCUT2D eigenvalue weighted by molar-refractivity contribution is 5.98. The maximum Gasteiger partial charge on any atom is 0.254 e. The third-order valence-electron chi connectivity index (χ3n) is 10.6. The SMILES string of the molecule is C[C@@]12CC[C@@H](N3Cc4ccccc4C3=O)[C@@H]3Oc4c(O)ccc5c4[C@@]31CCN(CC1CC1)[C@@H]2C5. The van der Waals surface area contributed by atoms with E-state index in [0.717, 1.165) is 49.3 Å². The fraction of sp³-hybridized carbons (Fsp3) is 0.552. The van der Waals surface area contributed by atoms with Crippen LogP contribution in [0.25, 0.3) is 0 Å². The lowest BCUT2D eigenvalue weighted by Gasteiger charge is -2.66. The highest BCUT2D eigenvalue weighted by atomic mass is 16.5. The number of likely N-dealkylation sites (tertiary alicyclic amines) is 1. The van der Waals surface area contributed by atoms with Crippen LogP contribution in [-0.4, -0.2) is 52.1 Å². The molecule has 0 aromatic heterocycles. The highest BCUT2D eigenvalue weighted by Gasteiger charge is 2.72. The van der Waals surface area contributed by atoms with Crippen LogP contribution in [0.15, 0.2) is 36.4 Å². The lowest BCUT2D eigenvalue weighted by molar-refractivity contribution is -0.137. The number of rotatable bonds is 3. The van der Waals surface area contributed by atoms with Gasteiger partial charge in [-0.25, -0.2) is 0 Å². The van der Waals surface area contributed by atoms with Crippen LogP contribution in [0.2, 0.25) is 0 Å². The maximum atomic E-state index is 13.5. The lowest BCUT2D eigenvalue weighted by Crippen LogP contribution is -2.73. The minimum absolute atomic E-state index is 0.0290. The van der Waals surface area contributed by atoms with Gasteiger partial charge in [0, 0.05) is 35.7 Å². The fourth-order valence-corrected chi connectivity index (χ4v) is 8.77. The molecular formula is C29H32N2O3. The summed E-state index contributed by atoms with van der Waals surface area (Å²) < 4.78 is 6.81. The molecule has 3 aliphatic heterocycles. The molecule has 2 saturated carbocycles. The normalized spacial score (nSPS) is 37.4. The second kappa shape index (κ2) is 6.37. The van der Waals surface area contributed by atoms with E-state index in [9.17, 15) is 9.90 Å². The average molecular weight is 457 g/mol. The molecule has 3 aliphatic carbocycles. The first-order valence-electron chi connectivity index (χ1n) is 13.2. The molecule has 3 heterocycles. The number of fused-ring (bicyclic) bond motifs is 1. The van der Waals surface area contributed by atoms with Crippen LogP contribution in [0.1, 0.15) is 66.1 Å². The monoisotopic (exact) mass is 456 g/mol. The van der Waals surface area contributed by atoms with E-state index in [4.69, 9.17) is 4.74 Å². The van der Waals surface area contributed by atoms with Crippen molar-refractivity contribution >= 4 is 5.91 Å². The van der Waals surface area contributed by atoms with Crippen LogP contribution in [0.4, 0.5) is 0 Å². The molecule has 5 atom stereocenters. The molecule has 3 fully saturated rings. The molecule has 2 bridgehead atoms. The quantitative estimate of drug-likeness (QED) is 0.750. The minimum atomic E-state index is -0.142. The Labute approximate surface area is 200 Å². The zero-order valence-corrected chi connectivity index (χ0v) is 19.8. The molecule has 1 saturated heterocycles. The van der Waals surface area contributed by atoms with Gasteiger partial charge in [0.1, 0.15) is 6.10 Å². The number of hydrogen-bond donors (Lipinski definition) is 1. The first-order chi connectivity index (χ1) is 16.5. The van der Waals surface area contributed by atoms with Gasteiger partial charge in [-0.1, -0.05) is 31.2 Å². The van der Waals surface area contributed by atoms with E-state index >= 15 is 0 Å². The number of carbonyl (C=O) groups excluding carboxylic acids is 1. The number of hydrogen-bond acceptors (Lipinski definition) is 4. The Bertz CT molecular complexity index is 1240. The molecule has 1 spiro atoms. The fourth-order valence-electron chi connectivity index (χ4n) is 8.77. The van der Waals surface area contributed by atoms with E-state index < -0.39 is 0 Å². The first-order valence-corrected chi connectivity index (χ1v) is 13.2. The van der Waals surface area contributed by atoms with E-state index in [-0.39, 0.29) is 34.6 Å². The van der Waals surface area contributed by atoms with Crippen LogP contribution < -0.4 is 4.74 Å². The topological polar surface area (TPSA) is 53.0 Å². The summed E-state index contributed by atoms with van der Waals surface area (Å²) in [6.45, 7) is 5.49. The Morgan fingerprint density at radius 2 is 1.94 bits per heavy atom. The van der Waals surface area contributed by atoms with Gasteiger partial charge in [0.2, 0.25) is 0 Å². The van der Waals surface area contributed by atoms with E-state index in [1.54, 1.807) is 0 Å². The van der Waals surface area contributed by atoms with Crippen molar-refractivity contribution in [3.8, 4) is 11.5 Å².